The standard InChI is InChI=1S/C18H25N3O4/c1-12-14(13(2)25-19-12)9-21-11-18(8-16(21)22)5-6-20(10-18)17(23)15-4-3-7-24-15/h15H,3-11H2,1-2H3/t15-,18?/m0/s1. The van der Waals surface area contributed by atoms with E-state index in [0.717, 1.165) is 42.8 Å². The molecular formula is C18H25N3O4. The summed E-state index contributed by atoms with van der Waals surface area (Å²) in [6, 6.07) is 0. The Hall–Kier alpha value is -1.89. The Morgan fingerprint density at radius 3 is 2.88 bits per heavy atom. The number of likely N-dealkylation sites (tertiary alicyclic amines) is 2. The second-order valence-corrected chi connectivity index (χ2v) is 7.74. The molecule has 0 radical (unpaired) electrons. The number of rotatable bonds is 3. The first-order chi connectivity index (χ1) is 12.0. The molecule has 25 heavy (non-hydrogen) atoms. The molecule has 2 atom stereocenters. The molecule has 1 spiro atoms. The Balaban J connectivity index is 1.42. The zero-order valence-electron chi connectivity index (χ0n) is 14.9. The molecule has 3 saturated heterocycles. The summed E-state index contributed by atoms with van der Waals surface area (Å²) in [6.07, 6.45) is 2.91. The Labute approximate surface area is 147 Å². The average Bonchev–Trinajstić information content (AvgIpc) is 3.34. The van der Waals surface area contributed by atoms with E-state index in [9.17, 15) is 9.59 Å². The number of amides is 2. The highest BCUT2D eigenvalue weighted by molar-refractivity contribution is 5.83. The molecule has 0 bridgehead atoms. The molecule has 136 valence electrons. The molecule has 0 saturated carbocycles. The topological polar surface area (TPSA) is 75.9 Å². The number of carbonyl (C=O) groups excluding carboxylic acids is 2. The minimum absolute atomic E-state index is 0.103. The predicted molar refractivity (Wildman–Crippen MR) is 88.6 cm³/mol. The van der Waals surface area contributed by atoms with Crippen molar-refractivity contribution in [2.75, 3.05) is 26.2 Å². The number of hydrogen-bond donors (Lipinski definition) is 0. The fourth-order valence-corrected chi connectivity index (χ4v) is 4.42. The Bertz CT molecular complexity index is 675. The van der Waals surface area contributed by atoms with Crippen molar-refractivity contribution in [2.45, 2.75) is 52.2 Å². The summed E-state index contributed by atoms with van der Waals surface area (Å²) in [4.78, 5) is 28.9. The van der Waals surface area contributed by atoms with Gasteiger partial charge in [0.05, 0.1) is 12.2 Å². The zero-order valence-corrected chi connectivity index (χ0v) is 14.9. The van der Waals surface area contributed by atoms with Crippen molar-refractivity contribution in [3.63, 3.8) is 0 Å². The maximum Gasteiger partial charge on any atom is 0.251 e. The van der Waals surface area contributed by atoms with Gasteiger partial charge in [0.25, 0.3) is 5.91 Å². The SMILES string of the molecule is Cc1noc(C)c1CN1CC2(CCN(C(=O)[C@@H]3CCCO3)C2)CC1=O. The van der Waals surface area contributed by atoms with E-state index >= 15 is 0 Å². The number of aromatic nitrogens is 1. The molecule has 0 aliphatic carbocycles. The summed E-state index contributed by atoms with van der Waals surface area (Å²) in [7, 11) is 0. The van der Waals surface area contributed by atoms with Crippen LogP contribution in [-0.2, 0) is 20.9 Å². The van der Waals surface area contributed by atoms with Crippen LogP contribution in [0.3, 0.4) is 0 Å². The van der Waals surface area contributed by atoms with Crippen molar-refractivity contribution >= 4 is 11.8 Å². The van der Waals surface area contributed by atoms with Gasteiger partial charge < -0.3 is 19.1 Å². The van der Waals surface area contributed by atoms with E-state index in [1.807, 2.05) is 23.6 Å². The lowest BCUT2D eigenvalue weighted by Crippen LogP contribution is -2.39. The van der Waals surface area contributed by atoms with E-state index in [4.69, 9.17) is 9.26 Å². The van der Waals surface area contributed by atoms with Crippen LogP contribution in [0.5, 0.6) is 0 Å². The van der Waals surface area contributed by atoms with Gasteiger partial charge >= 0.3 is 0 Å². The van der Waals surface area contributed by atoms with Crippen molar-refractivity contribution in [1.29, 1.82) is 0 Å². The number of ether oxygens (including phenoxy) is 1. The lowest BCUT2D eigenvalue weighted by molar-refractivity contribution is -0.140. The van der Waals surface area contributed by atoms with E-state index in [-0.39, 0.29) is 23.3 Å². The van der Waals surface area contributed by atoms with Crippen molar-refractivity contribution in [1.82, 2.24) is 15.0 Å². The summed E-state index contributed by atoms with van der Waals surface area (Å²) in [5.41, 5.74) is 1.73. The van der Waals surface area contributed by atoms with Crippen LogP contribution in [-0.4, -0.2) is 59.1 Å². The van der Waals surface area contributed by atoms with Gasteiger partial charge in [-0.3, -0.25) is 9.59 Å². The van der Waals surface area contributed by atoms with Crippen molar-refractivity contribution in [3.05, 3.63) is 17.0 Å². The van der Waals surface area contributed by atoms with E-state index < -0.39 is 0 Å². The fourth-order valence-electron chi connectivity index (χ4n) is 4.42. The highest BCUT2D eigenvalue weighted by Crippen LogP contribution is 2.41. The first kappa shape index (κ1) is 16.6. The van der Waals surface area contributed by atoms with Gasteiger partial charge in [0, 0.05) is 43.6 Å². The van der Waals surface area contributed by atoms with E-state index in [2.05, 4.69) is 5.16 Å². The third-order valence-corrected chi connectivity index (χ3v) is 5.89. The van der Waals surface area contributed by atoms with E-state index in [1.165, 1.54) is 0 Å². The minimum atomic E-state index is -0.273. The minimum Gasteiger partial charge on any atom is -0.368 e. The second-order valence-electron chi connectivity index (χ2n) is 7.74. The molecule has 3 fully saturated rings. The largest absolute Gasteiger partial charge is 0.368 e. The molecule has 0 aromatic carbocycles. The van der Waals surface area contributed by atoms with E-state index in [1.54, 1.807) is 0 Å². The predicted octanol–water partition coefficient (Wildman–Crippen LogP) is 1.42. The van der Waals surface area contributed by atoms with Crippen molar-refractivity contribution in [3.8, 4) is 0 Å². The molecule has 3 aliphatic rings. The lowest BCUT2D eigenvalue weighted by Gasteiger charge is -2.25. The van der Waals surface area contributed by atoms with Gasteiger partial charge in [0.15, 0.2) is 0 Å². The molecule has 0 N–H and O–H groups in total. The van der Waals surface area contributed by atoms with Crippen LogP contribution in [0.25, 0.3) is 0 Å². The maximum atomic E-state index is 12.6. The first-order valence-corrected chi connectivity index (χ1v) is 9.07. The normalized spacial score (nSPS) is 29.4. The highest BCUT2D eigenvalue weighted by Gasteiger charge is 2.49. The maximum absolute atomic E-state index is 12.6. The lowest BCUT2D eigenvalue weighted by atomic mass is 9.86. The third kappa shape index (κ3) is 2.94. The molecule has 1 aromatic rings. The van der Waals surface area contributed by atoms with Gasteiger partial charge in [-0.25, -0.2) is 0 Å². The van der Waals surface area contributed by atoms with Gasteiger partial charge in [-0.05, 0) is 33.1 Å². The zero-order chi connectivity index (χ0) is 17.6. The Kier molecular flexibility index (Phi) is 4.06. The first-order valence-electron chi connectivity index (χ1n) is 9.07. The van der Waals surface area contributed by atoms with Crippen LogP contribution in [0.2, 0.25) is 0 Å². The summed E-state index contributed by atoms with van der Waals surface area (Å²) in [6.45, 7) is 7.09. The molecule has 1 aromatic heterocycles. The number of hydrogen-bond acceptors (Lipinski definition) is 5. The summed E-state index contributed by atoms with van der Waals surface area (Å²) >= 11 is 0. The molecule has 1 unspecified atom stereocenters. The quantitative estimate of drug-likeness (QED) is 0.827. The van der Waals surface area contributed by atoms with Gasteiger partial charge in [0.2, 0.25) is 5.91 Å². The van der Waals surface area contributed by atoms with Crippen LogP contribution in [0.1, 0.15) is 42.7 Å². The van der Waals surface area contributed by atoms with Crippen molar-refractivity contribution in [2.24, 2.45) is 5.41 Å². The second kappa shape index (κ2) is 6.12. The molecule has 2 amide bonds. The van der Waals surface area contributed by atoms with Gasteiger partial charge in [-0.15, -0.1) is 0 Å². The van der Waals surface area contributed by atoms with Crippen LogP contribution in [0.15, 0.2) is 4.52 Å². The Morgan fingerprint density at radius 2 is 2.20 bits per heavy atom. The van der Waals surface area contributed by atoms with E-state index in [0.29, 0.717) is 32.7 Å². The van der Waals surface area contributed by atoms with Crippen molar-refractivity contribution < 1.29 is 18.8 Å². The highest BCUT2D eigenvalue weighted by atomic mass is 16.5. The van der Waals surface area contributed by atoms with Gasteiger partial charge in [-0.2, -0.15) is 0 Å². The molecular weight excluding hydrogens is 322 g/mol. The third-order valence-electron chi connectivity index (χ3n) is 5.89. The number of aryl methyl sites for hydroxylation is 2. The molecule has 7 nitrogen and oxygen atoms in total. The smallest absolute Gasteiger partial charge is 0.251 e. The molecule has 3 aliphatic heterocycles. The van der Waals surface area contributed by atoms with Gasteiger partial charge in [-0.1, -0.05) is 5.16 Å². The van der Waals surface area contributed by atoms with Crippen LogP contribution >= 0.6 is 0 Å². The molecule has 4 heterocycles. The average molecular weight is 347 g/mol. The van der Waals surface area contributed by atoms with Gasteiger partial charge in [0.1, 0.15) is 11.9 Å². The number of carbonyl (C=O) groups is 2. The summed E-state index contributed by atoms with van der Waals surface area (Å²) in [5, 5.41) is 3.97. The van der Waals surface area contributed by atoms with Crippen LogP contribution in [0.4, 0.5) is 0 Å². The monoisotopic (exact) mass is 347 g/mol. The fraction of sp³-hybridized carbons (Fsp3) is 0.722. The molecule has 4 rings (SSSR count). The summed E-state index contributed by atoms with van der Waals surface area (Å²) in [5.74, 6) is 1.03. The number of nitrogens with zero attached hydrogens (tertiary/aromatic N) is 3. The van der Waals surface area contributed by atoms with Crippen LogP contribution < -0.4 is 0 Å². The summed E-state index contributed by atoms with van der Waals surface area (Å²) < 4.78 is 10.7. The molecule has 7 heteroatoms. The van der Waals surface area contributed by atoms with Crippen LogP contribution in [0, 0.1) is 19.3 Å². The Morgan fingerprint density at radius 1 is 1.36 bits per heavy atom.